The molecule has 0 amide bonds. The van der Waals surface area contributed by atoms with Crippen molar-refractivity contribution in [2.24, 2.45) is 0 Å². The maximum atomic E-state index is 6.69. The molecule has 25 heavy (non-hydrogen) atoms. The zero-order valence-electron chi connectivity index (χ0n) is 13.9. The SMILES string of the molecule is Nc1c(-c2ccccc2)ccc(-c2ccccc2)c1-c1ccccc1. The fraction of sp³-hybridized carbons (Fsp3) is 0. The van der Waals surface area contributed by atoms with Crippen molar-refractivity contribution in [3.63, 3.8) is 0 Å². The molecule has 2 N–H and O–H groups in total. The predicted molar refractivity (Wildman–Crippen MR) is 107 cm³/mol. The molecule has 0 aliphatic rings. The van der Waals surface area contributed by atoms with Crippen LogP contribution >= 0.6 is 0 Å². The largest absolute Gasteiger partial charge is 0.398 e. The van der Waals surface area contributed by atoms with Crippen LogP contribution in [0.4, 0.5) is 5.69 Å². The van der Waals surface area contributed by atoms with E-state index in [-0.39, 0.29) is 0 Å². The van der Waals surface area contributed by atoms with E-state index in [4.69, 9.17) is 5.73 Å². The van der Waals surface area contributed by atoms with Crippen LogP contribution in [0, 0.1) is 0 Å². The van der Waals surface area contributed by atoms with Crippen LogP contribution in [0.3, 0.4) is 0 Å². The third kappa shape index (κ3) is 2.92. The monoisotopic (exact) mass is 321 g/mol. The first-order valence-electron chi connectivity index (χ1n) is 8.43. The van der Waals surface area contributed by atoms with Crippen molar-refractivity contribution < 1.29 is 0 Å². The molecule has 0 unspecified atom stereocenters. The van der Waals surface area contributed by atoms with Gasteiger partial charge in [-0.25, -0.2) is 0 Å². The zero-order valence-corrected chi connectivity index (χ0v) is 13.9. The van der Waals surface area contributed by atoms with Crippen molar-refractivity contribution in [1.29, 1.82) is 0 Å². The summed E-state index contributed by atoms with van der Waals surface area (Å²) < 4.78 is 0. The molecular weight excluding hydrogens is 302 g/mol. The van der Waals surface area contributed by atoms with E-state index >= 15 is 0 Å². The lowest BCUT2D eigenvalue weighted by Crippen LogP contribution is -1.97. The summed E-state index contributed by atoms with van der Waals surface area (Å²) in [4.78, 5) is 0. The molecule has 0 spiro atoms. The molecule has 120 valence electrons. The Bertz CT molecular complexity index is 974. The number of nitrogens with two attached hydrogens (primary N) is 1. The van der Waals surface area contributed by atoms with E-state index in [1.807, 2.05) is 30.3 Å². The lowest BCUT2D eigenvalue weighted by molar-refractivity contribution is 1.56. The average molecular weight is 321 g/mol. The van der Waals surface area contributed by atoms with Crippen molar-refractivity contribution in [2.45, 2.75) is 0 Å². The molecule has 0 aromatic heterocycles. The Balaban J connectivity index is 2.00. The van der Waals surface area contributed by atoms with E-state index in [0.29, 0.717) is 0 Å². The van der Waals surface area contributed by atoms with Gasteiger partial charge in [0.15, 0.2) is 0 Å². The van der Waals surface area contributed by atoms with Crippen molar-refractivity contribution in [1.82, 2.24) is 0 Å². The molecule has 0 saturated carbocycles. The van der Waals surface area contributed by atoms with Gasteiger partial charge in [-0.2, -0.15) is 0 Å². The van der Waals surface area contributed by atoms with Crippen LogP contribution in [0.5, 0.6) is 0 Å². The van der Waals surface area contributed by atoms with Crippen LogP contribution in [0.15, 0.2) is 103 Å². The van der Waals surface area contributed by atoms with Gasteiger partial charge in [-0.15, -0.1) is 0 Å². The van der Waals surface area contributed by atoms with Gasteiger partial charge in [0.05, 0.1) is 0 Å². The van der Waals surface area contributed by atoms with Crippen molar-refractivity contribution >= 4 is 5.69 Å². The fourth-order valence-corrected chi connectivity index (χ4v) is 3.26. The normalized spacial score (nSPS) is 10.6. The lowest BCUT2D eigenvalue weighted by atomic mass is 9.89. The van der Waals surface area contributed by atoms with Gasteiger partial charge in [-0.3, -0.25) is 0 Å². The molecule has 0 fully saturated rings. The summed E-state index contributed by atoms with van der Waals surface area (Å²) in [6, 6.07) is 35.4. The second-order valence-corrected chi connectivity index (χ2v) is 6.05. The van der Waals surface area contributed by atoms with Gasteiger partial charge in [0.25, 0.3) is 0 Å². The highest BCUT2D eigenvalue weighted by Crippen LogP contribution is 2.41. The van der Waals surface area contributed by atoms with Crippen LogP contribution < -0.4 is 5.73 Å². The second-order valence-electron chi connectivity index (χ2n) is 6.05. The summed E-state index contributed by atoms with van der Waals surface area (Å²) in [5.41, 5.74) is 14.3. The van der Waals surface area contributed by atoms with Crippen LogP contribution in [0.25, 0.3) is 33.4 Å². The van der Waals surface area contributed by atoms with Crippen molar-refractivity contribution in [2.75, 3.05) is 5.73 Å². The van der Waals surface area contributed by atoms with E-state index in [2.05, 4.69) is 72.8 Å². The molecule has 0 saturated heterocycles. The Hall–Kier alpha value is -3.32. The molecule has 4 aromatic carbocycles. The number of benzene rings is 4. The molecule has 1 heteroatoms. The Morgan fingerprint density at radius 1 is 0.400 bits per heavy atom. The summed E-state index contributed by atoms with van der Waals surface area (Å²) in [5.74, 6) is 0. The van der Waals surface area contributed by atoms with Crippen molar-refractivity contribution in [3.8, 4) is 33.4 Å². The molecule has 4 rings (SSSR count). The van der Waals surface area contributed by atoms with Gasteiger partial charge in [-0.05, 0) is 22.3 Å². The maximum absolute atomic E-state index is 6.69. The number of nitrogen functional groups attached to an aromatic ring is 1. The number of hydrogen-bond acceptors (Lipinski definition) is 1. The molecule has 0 aliphatic heterocycles. The van der Waals surface area contributed by atoms with Crippen LogP contribution in [-0.2, 0) is 0 Å². The Morgan fingerprint density at radius 2 is 0.800 bits per heavy atom. The highest BCUT2D eigenvalue weighted by atomic mass is 14.6. The van der Waals surface area contributed by atoms with Gasteiger partial charge in [0, 0.05) is 16.8 Å². The standard InChI is InChI=1S/C24H19N/c25-24-22(19-12-6-2-7-13-19)17-16-21(18-10-4-1-5-11-18)23(24)20-14-8-3-9-15-20/h1-17H,25H2. The third-order valence-corrected chi connectivity index (χ3v) is 4.48. The molecule has 0 aliphatic carbocycles. The second kappa shape index (κ2) is 6.66. The van der Waals surface area contributed by atoms with Gasteiger partial charge < -0.3 is 5.73 Å². The first-order chi connectivity index (χ1) is 12.3. The smallest absolute Gasteiger partial charge is 0.0479 e. The average Bonchev–Trinajstić information content (AvgIpc) is 2.70. The van der Waals surface area contributed by atoms with Gasteiger partial charge in [0.1, 0.15) is 0 Å². The Kier molecular flexibility index (Phi) is 4.05. The predicted octanol–water partition coefficient (Wildman–Crippen LogP) is 6.27. The Labute approximate surface area is 148 Å². The quantitative estimate of drug-likeness (QED) is 0.442. The highest BCUT2D eigenvalue weighted by Gasteiger charge is 2.15. The summed E-state index contributed by atoms with van der Waals surface area (Å²) in [6.07, 6.45) is 0. The summed E-state index contributed by atoms with van der Waals surface area (Å²) in [5, 5.41) is 0. The third-order valence-electron chi connectivity index (χ3n) is 4.48. The molecule has 1 nitrogen and oxygen atoms in total. The minimum atomic E-state index is 0.818. The summed E-state index contributed by atoms with van der Waals surface area (Å²) in [6.45, 7) is 0. The lowest BCUT2D eigenvalue weighted by Gasteiger charge is -2.17. The highest BCUT2D eigenvalue weighted by molar-refractivity contribution is 5.97. The van der Waals surface area contributed by atoms with Crippen LogP contribution in [0.2, 0.25) is 0 Å². The minimum absolute atomic E-state index is 0.818. The van der Waals surface area contributed by atoms with Gasteiger partial charge >= 0.3 is 0 Å². The van der Waals surface area contributed by atoms with Crippen LogP contribution in [-0.4, -0.2) is 0 Å². The van der Waals surface area contributed by atoms with E-state index in [9.17, 15) is 0 Å². The molecule has 4 aromatic rings. The van der Waals surface area contributed by atoms with E-state index in [1.165, 1.54) is 5.56 Å². The molecule has 0 bridgehead atoms. The summed E-state index contributed by atoms with van der Waals surface area (Å²) in [7, 11) is 0. The number of rotatable bonds is 3. The zero-order chi connectivity index (χ0) is 17.1. The first-order valence-corrected chi connectivity index (χ1v) is 8.43. The van der Waals surface area contributed by atoms with E-state index in [0.717, 1.165) is 33.5 Å². The maximum Gasteiger partial charge on any atom is 0.0479 e. The molecule has 0 heterocycles. The molecule has 0 radical (unpaired) electrons. The van der Waals surface area contributed by atoms with E-state index < -0.39 is 0 Å². The van der Waals surface area contributed by atoms with E-state index in [1.54, 1.807) is 0 Å². The first kappa shape index (κ1) is 15.2. The minimum Gasteiger partial charge on any atom is -0.398 e. The topological polar surface area (TPSA) is 26.0 Å². The Morgan fingerprint density at radius 3 is 1.32 bits per heavy atom. The molecular formula is C24H19N. The fourth-order valence-electron chi connectivity index (χ4n) is 3.26. The van der Waals surface area contributed by atoms with Gasteiger partial charge in [-0.1, -0.05) is 103 Å². The van der Waals surface area contributed by atoms with Gasteiger partial charge in [0.2, 0.25) is 0 Å². The number of anilines is 1. The van der Waals surface area contributed by atoms with Crippen molar-refractivity contribution in [3.05, 3.63) is 103 Å². The van der Waals surface area contributed by atoms with Crippen LogP contribution in [0.1, 0.15) is 0 Å². The number of hydrogen-bond donors (Lipinski definition) is 1. The summed E-state index contributed by atoms with van der Waals surface area (Å²) >= 11 is 0. The molecule has 0 atom stereocenters.